The Morgan fingerprint density at radius 1 is 1.21 bits per heavy atom. The monoisotopic (exact) mass is 188 g/mol. The van der Waals surface area contributed by atoms with Crippen LogP contribution >= 0.6 is 0 Å². The second-order valence-electron chi connectivity index (χ2n) is 4.47. The largest absolute Gasteiger partial charge is 0.303 e. The van der Waals surface area contributed by atoms with Crippen molar-refractivity contribution in [3.63, 3.8) is 0 Å². The van der Waals surface area contributed by atoms with Gasteiger partial charge in [0, 0.05) is 5.92 Å². The summed E-state index contributed by atoms with van der Waals surface area (Å²) in [5.41, 5.74) is 1.32. The number of rotatable bonds is 3. The first kappa shape index (κ1) is 9.45. The van der Waals surface area contributed by atoms with Gasteiger partial charge in [-0.1, -0.05) is 44.2 Å². The predicted molar refractivity (Wildman–Crippen MR) is 57.1 cm³/mol. The summed E-state index contributed by atoms with van der Waals surface area (Å²) in [5, 5.41) is 0. The summed E-state index contributed by atoms with van der Waals surface area (Å²) < 4.78 is 0. The normalized spacial score (nSPS) is 30.4. The molecule has 1 nitrogen and oxygen atoms in total. The zero-order valence-corrected chi connectivity index (χ0v) is 8.68. The van der Waals surface area contributed by atoms with Crippen LogP contribution in [0.2, 0.25) is 0 Å². The Balaban J connectivity index is 2.18. The molecular weight excluding hydrogens is 172 g/mol. The molecule has 14 heavy (non-hydrogen) atoms. The Labute approximate surface area is 85.1 Å². The fourth-order valence-corrected chi connectivity index (χ4v) is 2.51. The Bertz CT molecular complexity index is 315. The highest BCUT2D eigenvalue weighted by Crippen LogP contribution is 2.56. The SMILES string of the molecule is CC(C)[C@@H]1[C@@H](C=O)[C@@H]1c1ccccc1. The zero-order valence-electron chi connectivity index (χ0n) is 8.68. The lowest BCUT2D eigenvalue weighted by Gasteiger charge is -2.02. The number of hydrogen-bond donors (Lipinski definition) is 0. The van der Waals surface area contributed by atoms with E-state index in [-0.39, 0.29) is 5.92 Å². The minimum atomic E-state index is 0.261. The third-order valence-corrected chi connectivity index (χ3v) is 3.24. The van der Waals surface area contributed by atoms with Crippen LogP contribution in [-0.4, -0.2) is 6.29 Å². The van der Waals surface area contributed by atoms with Crippen LogP contribution in [0.1, 0.15) is 25.3 Å². The van der Waals surface area contributed by atoms with Crippen LogP contribution in [0.25, 0.3) is 0 Å². The summed E-state index contributed by atoms with van der Waals surface area (Å²) in [7, 11) is 0. The van der Waals surface area contributed by atoms with E-state index in [1.807, 2.05) is 18.2 Å². The molecule has 1 aromatic carbocycles. The van der Waals surface area contributed by atoms with E-state index in [0.29, 0.717) is 17.8 Å². The lowest BCUT2D eigenvalue weighted by molar-refractivity contribution is -0.109. The molecular formula is C13H16O. The Morgan fingerprint density at radius 3 is 2.29 bits per heavy atom. The highest BCUT2D eigenvalue weighted by Gasteiger charge is 2.51. The molecule has 0 N–H and O–H groups in total. The fraction of sp³-hybridized carbons (Fsp3) is 0.462. The van der Waals surface area contributed by atoms with Gasteiger partial charge in [0.1, 0.15) is 6.29 Å². The second-order valence-corrected chi connectivity index (χ2v) is 4.47. The van der Waals surface area contributed by atoms with Crippen molar-refractivity contribution in [3.05, 3.63) is 35.9 Å². The van der Waals surface area contributed by atoms with E-state index in [4.69, 9.17) is 0 Å². The van der Waals surface area contributed by atoms with Crippen LogP contribution in [0.15, 0.2) is 30.3 Å². The van der Waals surface area contributed by atoms with Gasteiger partial charge < -0.3 is 4.79 Å². The first-order valence-electron chi connectivity index (χ1n) is 5.26. The first-order chi connectivity index (χ1) is 6.75. The van der Waals surface area contributed by atoms with Crippen molar-refractivity contribution in [1.82, 2.24) is 0 Å². The van der Waals surface area contributed by atoms with Crippen molar-refractivity contribution >= 4 is 6.29 Å². The Kier molecular flexibility index (Phi) is 2.40. The molecule has 0 radical (unpaired) electrons. The minimum Gasteiger partial charge on any atom is -0.303 e. The molecule has 1 fully saturated rings. The van der Waals surface area contributed by atoms with Crippen LogP contribution in [0.3, 0.4) is 0 Å². The number of aldehydes is 1. The first-order valence-corrected chi connectivity index (χ1v) is 5.26. The predicted octanol–water partition coefficient (Wildman–Crippen LogP) is 2.87. The molecule has 2 rings (SSSR count). The van der Waals surface area contributed by atoms with E-state index in [9.17, 15) is 4.79 Å². The van der Waals surface area contributed by atoms with Crippen molar-refractivity contribution in [1.29, 1.82) is 0 Å². The number of benzene rings is 1. The fourth-order valence-electron chi connectivity index (χ4n) is 2.51. The molecule has 3 atom stereocenters. The van der Waals surface area contributed by atoms with Crippen molar-refractivity contribution < 1.29 is 4.79 Å². The van der Waals surface area contributed by atoms with Crippen molar-refractivity contribution in [3.8, 4) is 0 Å². The molecule has 1 aromatic rings. The molecule has 0 spiro atoms. The molecule has 0 heterocycles. The average molecular weight is 188 g/mol. The third-order valence-electron chi connectivity index (χ3n) is 3.24. The molecule has 0 unspecified atom stereocenters. The quantitative estimate of drug-likeness (QED) is 0.666. The summed E-state index contributed by atoms with van der Waals surface area (Å²) in [6.07, 6.45) is 1.13. The van der Waals surface area contributed by atoms with Gasteiger partial charge in [-0.3, -0.25) is 0 Å². The molecule has 1 aliphatic rings. The molecule has 1 heteroatoms. The van der Waals surface area contributed by atoms with Gasteiger partial charge >= 0.3 is 0 Å². The summed E-state index contributed by atoms with van der Waals surface area (Å²) in [4.78, 5) is 10.9. The van der Waals surface area contributed by atoms with Crippen LogP contribution < -0.4 is 0 Å². The van der Waals surface area contributed by atoms with Gasteiger partial charge in [0.15, 0.2) is 0 Å². The zero-order chi connectivity index (χ0) is 10.1. The van der Waals surface area contributed by atoms with E-state index in [2.05, 4.69) is 26.0 Å². The molecule has 0 amide bonds. The lowest BCUT2D eigenvalue weighted by Crippen LogP contribution is -1.93. The topological polar surface area (TPSA) is 17.1 Å². The number of hydrogen-bond acceptors (Lipinski definition) is 1. The molecule has 1 aliphatic carbocycles. The summed E-state index contributed by atoms with van der Waals surface area (Å²) >= 11 is 0. The highest BCUT2D eigenvalue weighted by molar-refractivity contribution is 5.63. The Hall–Kier alpha value is -1.11. The van der Waals surface area contributed by atoms with Gasteiger partial charge in [0.05, 0.1) is 0 Å². The van der Waals surface area contributed by atoms with Gasteiger partial charge in [0.25, 0.3) is 0 Å². The van der Waals surface area contributed by atoms with Crippen molar-refractivity contribution in [2.75, 3.05) is 0 Å². The molecule has 0 aliphatic heterocycles. The van der Waals surface area contributed by atoms with Crippen molar-refractivity contribution in [2.45, 2.75) is 19.8 Å². The maximum absolute atomic E-state index is 10.9. The maximum atomic E-state index is 10.9. The van der Waals surface area contributed by atoms with Crippen molar-refractivity contribution in [2.24, 2.45) is 17.8 Å². The molecule has 0 aromatic heterocycles. The highest BCUT2D eigenvalue weighted by atomic mass is 16.1. The van der Waals surface area contributed by atoms with Gasteiger partial charge in [-0.15, -0.1) is 0 Å². The van der Waals surface area contributed by atoms with E-state index in [0.717, 1.165) is 6.29 Å². The van der Waals surface area contributed by atoms with E-state index in [1.54, 1.807) is 0 Å². The summed E-state index contributed by atoms with van der Waals surface area (Å²) in [6, 6.07) is 10.4. The van der Waals surface area contributed by atoms with Crippen LogP contribution in [0, 0.1) is 17.8 Å². The average Bonchev–Trinajstić information content (AvgIpc) is 2.93. The maximum Gasteiger partial charge on any atom is 0.124 e. The van der Waals surface area contributed by atoms with E-state index < -0.39 is 0 Å². The van der Waals surface area contributed by atoms with Crippen LogP contribution in [0.5, 0.6) is 0 Å². The second kappa shape index (κ2) is 3.56. The molecule has 0 bridgehead atoms. The molecule has 0 saturated heterocycles. The third kappa shape index (κ3) is 1.47. The van der Waals surface area contributed by atoms with Gasteiger partial charge in [-0.2, -0.15) is 0 Å². The lowest BCUT2D eigenvalue weighted by atomic mass is 10.0. The van der Waals surface area contributed by atoms with Gasteiger partial charge in [0.2, 0.25) is 0 Å². The Morgan fingerprint density at radius 2 is 1.86 bits per heavy atom. The number of carbonyl (C=O) groups is 1. The summed E-state index contributed by atoms with van der Waals surface area (Å²) in [5.74, 6) is 1.91. The molecule has 1 saturated carbocycles. The van der Waals surface area contributed by atoms with Crippen LogP contribution in [-0.2, 0) is 4.79 Å². The van der Waals surface area contributed by atoms with E-state index >= 15 is 0 Å². The van der Waals surface area contributed by atoms with Gasteiger partial charge in [-0.05, 0) is 23.3 Å². The standard InChI is InChI=1S/C13H16O/c1-9(2)12-11(8-14)13(12)10-6-4-3-5-7-10/h3-9,11-13H,1-2H3/t11-,12-,13+/m1/s1. The minimum absolute atomic E-state index is 0.261. The smallest absolute Gasteiger partial charge is 0.124 e. The molecule has 74 valence electrons. The van der Waals surface area contributed by atoms with Gasteiger partial charge in [-0.25, -0.2) is 0 Å². The van der Waals surface area contributed by atoms with E-state index in [1.165, 1.54) is 5.56 Å². The number of carbonyl (C=O) groups excluding carboxylic acids is 1. The van der Waals surface area contributed by atoms with Crippen LogP contribution in [0.4, 0.5) is 0 Å². The summed E-state index contributed by atoms with van der Waals surface area (Å²) in [6.45, 7) is 4.40.